The lowest BCUT2D eigenvalue weighted by Gasteiger charge is -2.28. The Balaban J connectivity index is 1.48. The number of benzene rings is 2. The Bertz CT molecular complexity index is 833. The Hall–Kier alpha value is -2.86. The highest BCUT2D eigenvalue weighted by atomic mass is 16.5. The van der Waals surface area contributed by atoms with E-state index in [1.165, 1.54) is 0 Å². The maximum Gasteiger partial charge on any atom is 0.338 e. The molecule has 2 aromatic rings. The molecule has 0 radical (unpaired) electrons. The van der Waals surface area contributed by atoms with E-state index in [9.17, 15) is 9.59 Å². The van der Waals surface area contributed by atoms with Crippen molar-refractivity contribution in [2.24, 2.45) is 0 Å². The summed E-state index contributed by atoms with van der Waals surface area (Å²) in [5, 5.41) is 2.75. The summed E-state index contributed by atoms with van der Waals surface area (Å²) in [5.41, 5.74) is 3.33. The molecule has 0 saturated carbocycles. The molecule has 154 valence electrons. The molecule has 1 aliphatic rings. The van der Waals surface area contributed by atoms with Crippen LogP contribution in [-0.2, 0) is 19.7 Å². The van der Waals surface area contributed by atoms with Gasteiger partial charge in [-0.3, -0.25) is 4.79 Å². The molecule has 1 fully saturated rings. The van der Waals surface area contributed by atoms with Crippen molar-refractivity contribution in [2.45, 2.75) is 26.2 Å². The van der Waals surface area contributed by atoms with Crippen LogP contribution in [0.25, 0.3) is 0 Å². The minimum absolute atomic E-state index is 0.0135. The first-order chi connectivity index (χ1) is 13.8. The van der Waals surface area contributed by atoms with Crippen LogP contribution in [0.1, 0.15) is 36.7 Å². The van der Waals surface area contributed by atoms with E-state index in [0.717, 1.165) is 37.6 Å². The normalized spacial score (nSPS) is 14.4. The van der Waals surface area contributed by atoms with Gasteiger partial charge in [0.1, 0.15) is 0 Å². The molecular formula is C23H28N2O4. The summed E-state index contributed by atoms with van der Waals surface area (Å²) in [6.07, 6.45) is 0. The van der Waals surface area contributed by atoms with Crippen molar-refractivity contribution >= 4 is 23.3 Å². The quantitative estimate of drug-likeness (QED) is 0.782. The number of carbonyl (C=O) groups excluding carboxylic acids is 2. The number of morpholine rings is 1. The van der Waals surface area contributed by atoms with Crippen molar-refractivity contribution < 1.29 is 19.1 Å². The van der Waals surface area contributed by atoms with Crippen LogP contribution in [0.3, 0.4) is 0 Å². The van der Waals surface area contributed by atoms with Gasteiger partial charge in [0.25, 0.3) is 5.91 Å². The molecule has 6 nitrogen and oxygen atoms in total. The first-order valence-corrected chi connectivity index (χ1v) is 9.83. The van der Waals surface area contributed by atoms with Gasteiger partial charge in [-0.25, -0.2) is 4.79 Å². The molecular weight excluding hydrogens is 368 g/mol. The number of hydrogen-bond donors (Lipinski definition) is 1. The minimum atomic E-state index is -0.511. The first kappa shape index (κ1) is 20.9. The number of nitrogens with zero attached hydrogens (tertiary/aromatic N) is 1. The second kappa shape index (κ2) is 9.09. The lowest BCUT2D eigenvalue weighted by molar-refractivity contribution is -0.119. The van der Waals surface area contributed by atoms with Gasteiger partial charge in [-0.15, -0.1) is 0 Å². The first-order valence-electron chi connectivity index (χ1n) is 9.83. The molecule has 2 aromatic carbocycles. The van der Waals surface area contributed by atoms with Crippen LogP contribution in [0.4, 0.5) is 11.4 Å². The predicted molar refractivity (Wildman–Crippen MR) is 114 cm³/mol. The molecule has 0 spiro atoms. The highest BCUT2D eigenvalue weighted by Crippen LogP contribution is 2.22. The Morgan fingerprint density at radius 1 is 1.00 bits per heavy atom. The third-order valence-corrected chi connectivity index (χ3v) is 4.85. The zero-order chi connectivity index (χ0) is 20.9. The lowest BCUT2D eigenvalue weighted by atomic mass is 9.87. The van der Waals surface area contributed by atoms with E-state index in [0.29, 0.717) is 11.3 Å². The molecule has 6 heteroatoms. The number of hydrogen-bond acceptors (Lipinski definition) is 5. The number of anilines is 2. The van der Waals surface area contributed by atoms with E-state index in [1.807, 2.05) is 36.4 Å². The Labute approximate surface area is 171 Å². The largest absolute Gasteiger partial charge is 0.452 e. The smallest absolute Gasteiger partial charge is 0.338 e. The lowest BCUT2D eigenvalue weighted by Crippen LogP contribution is -2.36. The fourth-order valence-electron chi connectivity index (χ4n) is 3.09. The SMILES string of the molecule is CC(C)(C)c1ccc(C(=O)OCC(=O)Nc2ccc(N3CCOCC3)cc2)cc1. The van der Waals surface area contributed by atoms with Crippen LogP contribution in [0.5, 0.6) is 0 Å². The molecule has 1 heterocycles. The molecule has 0 aliphatic carbocycles. The summed E-state index contributed by atoms with van der Waals surface area (Å²) in [4.78, 5) is 26.5. The van der Waals surface area contributed by atoms with Crippen molar-refractivity contribution in [1.29, 1.82) is 0 Å². The number of rotatable bonds is 5. The fourth-order valence-corrected chi connectivity index (χ4v) is 3.09. The summed E-state index contributed by atoms with van der Waals surface area (Å²) in [6, 6.07) is 14.9. The van der Waals surface area contributed by atoms with E-state index in [1.54, 1.807) is 12.1 Å². The second-order valence-electron chi connectivity index (χ2n) is 8.10. The highest BCUT2D eigenvalue weighted by Gasteiger charge is 2.16. The van der Waals surface area contributed by atoms with Crippen molar-refractivity contribution in [3.8, 4) is 0 Å². The summed E-state index contributed by atoms with van der Waals surface area (Å²) in [6.45, 7) is 9.17. The maximum absolute atomic E-state index is 12.2. The molecule has 0 atom stereocenters. The van der Waals surface area contributed by atoms with Gasteiger partial charge >= 0.3 is 5.97 Å². The zero-order valence-corrected chi connectivity index (χ0v) is 17.2. The number of ether oxygens (including phenoxy) is 2. The zero-order valence-electron chi connectivity index (χ0n) is 17.2. The van der Waals surface area contributed by atoms with E-state index >= 15 is 0 Å². The van der Waals surface area contributed by atoms with Gasteiger partial charge in [-0.2, -0.15) is 0 Å². The number of carbonyl (C=O) groups is 2. The van der Waals surface area contributed by atoms with Crippen LogP contribution < -0.4 is 10.2 Å². The molecule has 29 heavy (non-hydrogen) atoms. The average molecular weight is 396 g/mol. The summed E-state index contributed by atoms with van der Waals surface area (Å²) in [7, 11) is 0. The average Bonchev–Trinajstić information content (AvgIpc) is 2.73. The van der Waals surface area contributed by atoms with Crippen molar-refractivity contribution in [2.75, 3.05) is 43.1 Å². The molecule has 1 amide bonds. The Morgan fingerprint density at radius 2 is 1.62 bits per heavy atom. The van der Waals surface area contributed by atoms with Gasteiger partial charge in [-0.1, -0.05) is 32.9 Å². The highest BCUT2D eigenvalue weighted by molar-refractivity contribution is 5.95. The van der Waals surface area contributed by atoms with Crippen LogP contribution in [0.2, 0.25) is 0 Å². The van der Waals surface area contributed by atoms with Crippen LogP contribution in [0.15, 0.2) is 48.5 Å². The standard InChI is InChI=1S/C23H28N2O4/c1-23(2,3)18-6-4-17(5-7-18)22(27)29-16-21(26)24-19-8-10-20(11-9-19)25-12-14-28-15-13-25/h4-11H,12-16H2,1-3H3,(H,24,26). The summed E-state index contributed by atoms with van der Waals surface area (Å²) >= 11 is 0. The van der Waals surface area contributed by atoms with Crippen LogP contribution in [0, 0.1) is 0 Å². The van der Waals surface area contributed by atoms with E-state index < -0.39 is 5.97 Å². The van der Waals surface area contributed by atoms with Gasteiger partial charge in [0, 0.05) is 24.5 Å². The number of amides is 1. The van der Waals surface area contributed by atoms with Gasteiger partial charge in [0.05, 0.1) is 18.8 Å². The third-order valence-electron chi connectivity index (χ3n) is 4.85. The number of nitrogens with one attached hydrogen (secondary N) is 1. The summed E-state index contributed by atoms with van der Waals surface area (Å²) < 4.78 is 10.5. The molecule has 1 saturated heterocycles. The van der Waals surface area contributed by atoms with Crippen molar-refractivity contribution in [3.63, 3.8) is 0 Å². The Morgan fingerprint density at radius 3 is 2.21 bits per heavy atom. The third kappa shape index (κ3) is 5.81. The van der Waals surface area contributed by atoms with Gasteiger partial charge < -0.3 is 19.7 Å². The van der Waals surface area contributed by atoms with Gasteiger partial charge in [-0.05, 0) is 47.4 Å². The second-order valence-corrected chi connectivity index (χ2v) is 8.10. The van der Waals surface area contributed by atoms with Crippen LogP contribution in [-0.4, -0.2) is 44.8 Å². The molecule has 0 unspecified atom stereocenters. The minimum Gasteiger partial charge on any atom is -0.452 e. The summed E-state index contributed by atoms with van der Waals surface area (Å²) in [5.74, 6) is -0.882. The van der Waals surface area contributed by atoms with Crippen molar-refractivity contribution in [3.05, 3.63) is 59.7 Å². The molecule has 3 rings (SSSR count). The van der Waals surface area contributed by atoms with E-state index in [-0.39, 0.29) is 17.9 Å². The van der Waals surface area contributed by atoms with E-state index in [4.69, 9.17) is 9.47 Å². The van der Waals surface area contributed by atoms with Gasteiger partial charge in [0.15, 0.2) is 6.61 Å². The molecule has 1 aliphatic heterocycles. The topological polar surface area (TPSA) is 67.9 Å². The maximum atomic E-state index is 12.2. The molecule has 1 N–H and O–H groups in total. The van der Waals surface area contributed by atoms with Gasteiger partial charge in [0.2, 0.25) is 0 Å². The molecule has 0 bridgehead atoms. The molecule has 0 aromatic heterocycles. The van der Waals surface area contributed by atoms with E-state index in [2.05, 4.69) is 31.0 Å². The van der Waals surface area contributed by atoms with Crippen LogP contribution >= 0.6 is 0 Å². The monoisotopic (exact) mass is 396 g/mol. The Kier molecular flexibility index (Phi) is 6.54. The predicted octanol–water partition coefficient (Wildman–Crippen LogP) is 3.62. The van der Waals surface area contributed by atoms with Crippen molar-refractivity contribution in [1.82, 2.24) is 0 Å². The number of esters is 1. The fraction of sp³-hybridized carbons (Fsp3) is 0.391.